The summed E-state index contributed by atoms with van der Waals surface area (Å²) in [7, 11) is -0.901. The molecule has 0 radical (unpaired) electrons. The Morgan fingerprint density at radius 2 is 2.00 bits per heavy atom. The molecule has 2 aromatic rings. The third-order valence-electron chi connectivity index (χ3n) is 3.68. The summed E-state index contributed by atoms with van der Waals surface area (Å²) in [5, 5.41) is 0. The van der Waals surface area contributed by atoms with E-state index < -0.39 is 10.8 Å². The molecular formula is C17H17NO2S. The number of benzene rings is 2. The molecule has 1 unspecified atom stereocenters. The standard InChI is InChI=1S/C17H17NO2S/c1-21(20)12-13-5-4-7-15(11-13)17(19)18-10-9-14-6-2-3-8-16(14)18/h2-8,11H,9-10,12H2,1H3. The summed E-state index contributed by atoms with van der Waals surface area (Å²) in [5.41, 5.74) is 3.83. The summed E-state index contributed by atoms with van der Waals surface area (Å²) in [6.45, 7) is 0.724. The van der Waals surface area contributed by atoms with Crippen LogP contribution in [0.15, 0.2) is 48.5 Å². The number of hydrogen-bond acceptors (Lipinski definition) is 2. The molecule has 0 saturated carbocycles. The molecule has 0 N–H and O–H groups in total. The first-order valence-electron chi connectivity index (χ1n) is 6.94. The number of nitrogens with zero attached hydrogens (tertiary/aromatic N) is 1. The Hall–Kier alpha value is -1.94. The molecule has 0 spiro atoms. The van der Waals surface area contributed by atoms with Gasteiger partial charge in [-0.25, -0.2) is 0 Å². The Morgan fingerprint density at radius 3 is 2.81 bits per heavy atom. The summed E-state index contributed by atoms with van der Waals surface area (Å²) in [6, 6.07) is 15.5. The smallest absolute Gasteiger partial charge is 0.258 e. The largest absolute Gasteiger partial charge is 0.308 e. The maximum Gasteiger partial charge on any atom is 0.258 e. The number of hydrogen-bond donors (Lipinski definition) is 0. The fourth-order valence-corrected chi connectivity index (χ4v) is 3.38. The molecule has 0 fully saturated rings. The third kappa shape index (κ3) is 2.90. The number of fused-ring (bicyclic) bond motifs is 1. The van der Waals surface area contributed by atoms with Crippen molar-refractivity contribution in [3.8, 4) is 0 Å². The molecule has 108 valence electrons. The van der Waals surface area contributed by atoms with E-state index in [0.29, 0.717) is 11.3 Å². The highest BCUT2D eigenvalue weighted by molar-refractivity contribution is 7.83. The van der Waals surface area contributed by atoms with Crippen molar-refractivity contribution in [2.24, 2.45) is 0 Å². The molecule has 1 heterocycles. The molecule has 3 rings (SSSR count). The first kappa shape index (κ1) is 14.0. The molecule has 0 aliphatic carbocycles. The lowest BCUT2D eigenvalue weighted by Gasteiger charge is -2.17. The molecule has 1 aliphatic rings. The molecule has 1 amide bonds. The Balaban J connectivity index is 1.88. The van der Waals surface area contributed by atoms with Gasteiger partial charge in [-0.2, -0.15) is 0 Å². The van der Waals surface area contributed by atoms with E-state index >= 15 is 0 Å². The highest BCUT2D eigenvalue weighted by Gasteiger charge is 2.25. The average molecular weight is 299 g/mol. The van der Waals surface area contributed by atoms with Crippen LogP contribution in [0.3, 0.4) is 0 Å². The molecule has 3 nitrogen and oxygen atoms in total. The molecule has 0 aromatic heterocycles. The molecule has 1 aliphatic heterocycles. The lowest BCUT2D eigenvalue weighted by atomic mass is 10.1. The molecular weight excluding hydrogens is 282 g/mol. The van der Waals surface area contributed by atoms with Crippen molar-refractivity contribution >= 4 is 22.4 Å². The van der Waals surface area contributed by atoms with E-state index in [1.807, 2.05) is 47.4 Å². The van der Waals surface area contributed by atoms with E-state index in [9.17, 15) is 9.00 Å². The summed E-state index contributed by atoms with van der Waals surface area (Å²) >= 11 is 0. The van der Waals surface area contributed by atoms with Gasteiger partial charge < -0.3 is 4.90 Å². The van der Waals surface area contributed by atoms with E-state index in [0.717, 1.165) is 24.2 Å². The quantitative estimate of drug-likeness (QED) is 0.874. The van der Waals surface area contributed by atoms with Crippen LogP contribution in [0.5, 0.6) is 0 Å². The summed E-state index contributed by atoms with van der Waals surface area (Å²) in [6.07, 6.45) is 2.58. The molecule has 4 heteroatoms. The van der Waals surface area contributed by atoms with Gasteiger partial charge in [-0.1, -0.05) is 30.3 Å². The van der Waals surface area contributed by atoms with Crippen LogP contribution in [-0.4, -0.2) is 22.9 Å². The van der Waals surface area contributed by atoms with Crippen LogP contribution < -0.4 is 4.90 Å². The number of carbonyl (C=O) groups is 1. The second-order valence-corrected chi connectivity index (χ2v) is 6.69. The van der Waals surface area contributed by atoms with E-state index in [4.69, 9.17) is 0 Å². The summed E-state index contributed by atoms with van der Waals surface area (Å²) < 4.78 is 11.3. The van der Waals surface area contributed by atoms with Crippen molar-refractivity contribution in [2.45, 2.75) is 12.2 Å². The van der Waals surface area contributed by atoms with Gasteiger partial charge in [0.05, 0.1) is 0 Å². The van der Waals surface area contributed by atoms with Crippen LogP contribution in [0, 0.1) is 0 Å². The van der Waals surface area contributed by atoms with Gasteiger partial charge >= 0.3 is 0 Å². The Bertz CT molecular complexity index is 711. The fourth-order valence-electron chi connectivity index (χ4n) is 2.73. The predicted octanol–water partition coefficient (Wildman–Crippen LogP) is 2.77. The number of anilines is 1. The van der Waals surface area contributed by atoms with Crippen molar-refractivity contribution in [3.63, 3.8) is 0 Å². The minimum Gasteiger partial charge on any atom is -0.308 e. The van der Waals surface area contributed by atoms with Crippen LogP contribution >= 0.6 is 0 Å². The van der Waals surface area contributed by atoms with Crippen molar-refractivity contribution in [1.29, 1.82) is 0 Å². The lowest BCUT2D eigenvalue weighted by molar-refractivity contribution is 0.0989. The molecule has 0 saturated heterocycles. The number of carbonyl (C=O) groups excluding carboxylic acids is 1. The maximum atomic E-state index is 12.7. The van der Waals surface area contributed by atoms with E-state index in [1.54, 1.807) is 6.26 Å². The Labute approximate surface area is 127 Å². The first-order valence-corrected chi connectivity index (χ1v) is 8.66. The van der Waals surface area contributed by atoms with Gasteiger partial charge in [0.25, 0.3) is 5.91 Å². The van der Waals surface area contributed by atoms with Crippen LogP contribution in [0.25, 0.3) is 0 Å². The van der Waals surface area contributed by atoms with Gasteiger partial charge in [-0.3, -0.25) is 9.00 Å². The topological polar surface area (TPSA) is 37.4 Å². The average Bonchev–Trinajstić information content (AvgIpc) is 2.90. The van der Waals surface area contributed by atoms with E-state index in [2.05, 4.69) is 6.07 Å². The number of amides is 1. The Kier molecular flexibility index (Phi) is 3.88. The fraction of sp³-hybridized carbons (Fsp3) is 0.235. The highest BCUT2D eigenvalue weighted by Crippen LogP contribution is 2.28. The molecule has 21 heavy (non-hydrogen) atoms. The zero-order valence-electron chi connectivity index (χ0n) is 11.9. The molecule has 2 aromatic carbocycles. The van der Waals surface area contributed by atoms with Gasteiger partial charge in [0.2, 0.25) is 0 Å². The van der Waals surface area contributed by atoms with Crippen LogP contribution in [0.4, 0.5) is 5.69 Å². The first-order chi connectivity index (χ1) is 10.1. The van der Waals surface area contributed by atoms with Gasteiger partial charge in [-0.05, 0) is 35.7 Å². The highest BCUT2D eigenvalue weighted by atomic mass is 32.2. The van der Waals surface area contributed by atoms with Crippen LogP contribution in [0.1, 0.15) is 21.5 Å². The monoisotopic (exact) mass is 299 g/mol. The summed E-state index contributed by atoms with van der Waals surface area (Å²) in [5.74, 6) is 0.501. The van der Waals surface area contributed by atoms with Gasteiger partial charge in [0, 0.05) is 40.6 Å². The normalized spacial score (nSPS) is 14.8. The van der Waals surface area contributed by atoms with Crippen molar-refractivity contribution in [1.82, 2.24) is 0 Å². The number of para-hydroxylation sites is 1. The van der Waals surface area contributed by atoms with Crippen molar-refractivity contribution in [2.75, 3.05) is 17.7 Å². The van der Waals surface area contributed by atoms with Gasteiger partial charge in [0.15, 0.2) is 0 Å². The second kappa shape index (κ2) is 5.82. The Morgan fingerprint density at radius 1 is 1.19 bits per heavy atom. The summed E-state index contributed by atoms with van der Waals surface area (Å²) in [4.78, 5) is 14.5. The minimum absolute atomic E-state index is 0.0173. The predicted molar refractivity (Wildman–Crippen MR) is 86.0 cm³/mol. The molecule has 1 atom stereocenters. The zero-order chi connectivity index (χ0) is 14.8. The van der Waals surface area contributed by atoms with E-state index in [-0.39, 0.29) is 5.91 Å². The third-order valence-corrected chi connectivity index (χ3v) is 4.42. The number of rotatable bonds is 3. The lowest BCUT2D eigenvalue weighted by Crippen LogP contribution is -2.28. The van der Waals surface area contributed by atoms with Crippen LogP contribution in [0.2, 0.25) is 0 Å². The molecule has 0 bridgehead atoms. The van der Waals surface area contributed by atoms with Gasteiger partial charge in [0.1, 0.15) is 0 Å². The van der Waals surface area contributed by atoms with Gasteiger partial charge in [-0.15, -0.1) is 0 Å². The minimum atomic E-state index is -0.901. The van der Waals surface area contributed by atoms with Crippen molar-refractivity contribution < 1.29 is 9.00 Å². The van der Waals surface area contributed by atoms with Crippen LogP contribution in [-0.2, 0) is 23.0 Å². The van der Waals surface area contributed by atoms with E-state index in [1.165, 1.54) is 5.56 Å². The zero-order valence-corrected chi connectivity index (χ0v) is 12.7. The van der Waals surface area contributed by atoms with Crippen molar-refractivity contribution in [3.05, 3.63) is 65.2 Å². The maximum absolute atomic E-state index is 12.7. The SMILES string of the molecule is CS(=O)Cc1cccc(C(=O)N2CCc3ccccc32)c1. The second-order valence-electron chi connectivity index (χ2n) is 5.25.